The van der Waals surface area contributed by atoms with Crippen molar-refractivity contribution in [2.75, 3.05) is 52.1 Å². The molecule has 4 nitrogen and oxygen atoms in total. The molecule has 0 atom stereocenters. The Kier molecular flexibility index (Phi) is 5.05. The van der Waals surface area contributed by atoms with Crippen molar-refractivity contribution >= 4 is 5.69 Å². The van der Waals surface area contributed by atoms with E-state index in [0.29, 0.717) is 6.61 Å². The van der Waals surface area contributed by atoms with E-state index in [0.717, 1.165) is 24.4 Å². The number of hydrogen-bond donors (Lipinski definition) is 1. The Morgan fingerprint density at radius 3 is 2.63 bits per heavy atom. The summed E-state index contributed by atoms with van der Waals surface area (Å²) in [6.45, 7) is 8.44. The van der Waals surface area contributed by atoms with Gasteiger partial charge in [0.1, 0.15) is 5.75 Å². The number of rotatable bonds is 5. The van der Waals surface area contributed by atoms with E-state index in [-0.39, 0.29) is 0 Å². The molecule has 1 aliphatic rings. The molecule has 0 spiro atoms. The van der Waals surface area contributed by atoms with Crippen LogP contribution in [0, 0.1) is 0 Å². The fraction of sp³-hybridized carbons (Fsp3) is 0.600. The number of likely N-dealkylation sites (N-methyl/N-ethyl adjacent to an activating group) is 1. The van der Waals surface area contributed by atoms with Crippen LogP contribution in [-0.2, 0) is 6.42 Å². The monoisotopic (exact) mass is 263 g/mol. The summed E-state index contributed by atoms with van der Waals surface area (Å²) >= 11 is 0. The van der Waals surface area contributed by atoms with Crippen LogP contribution >= 0.6 is 0 Å². The Morgan fingerprint density at radius 1 is 1.21 bits per heavy atom. The van der Waals surface area contributed by atoms with Crippen molar-refractivity contribution in [3.8, 4) is 5.75 Å². The molecule has 0 radical (unpaired) electrons. The first-order valence-corrected chi connectivity index (χ1v) is 7.11. The first-order chi connectivity index (χ1) is 9.19. The van der Waals surface area contributed by atoms with Gasteiger partial charge in [0, 0.05) is 32.7 Å². The summed E-state index contributed by atoms with van der Waals surface area (Å²) in [5, 5.41) is 0. The lowest BCUT2D eigenvalue weighted by Crippen LogP contribution is -2.45. The van der Waals surface area contributed by atoms with E-state index in [9.17, 15) is 0 Å². The van der Waals surface area contributed by atoms with Crippen LogP contribution in [-0.4, -0.2) is 56.2 Å². The van der Waals surface area contributed by atoms with Crippen LogP contribution in [0.2, 0.25) is 0 Å². The van der Waals surface area contributed by atoms with E-state index >= 15 is 0 Å². The number of benzene rings is 1. The molecule has 0 aliphatic carbocycles. The van der Waals surface area contributed by atoms with E-state index in [1.165, 1.54) is 31.7 Å². The highest BCUT2D eigenvalue weighted by molar-refractivity contribution is 5.54. The maximum absolute atomic E-state index is 5.89. The van der Waals surface area contributed by atoms with E-state index in [1.54, 1.807) is 0 Å². The van der Waals surface area contributed by atoms with E-state index in [1.807, 2.05) is 13.0 Å². The van der Waals surface area contributed by atoms with Crippen molar-refractivity contribution in [3.63, 3.8) is 0 Å². The number of nitrogens with two attached hydrogens (primary N) is 1. The molecule has 2 rings (SSSR count). The summed E-state index contributed by atoms with van der Waals surface area (Å²) < 4.78 is 5.54. The highest BCUT2D eigenvalue weighted by Gasteiger charge is 2.13. The SMILES string of the molecule is CCOc1cc(CCN2CCN(C)CC2)ccc1N. The van der Waals surface area contributed by atoms with Crippen LogP contribution < -0.4 is 10.5 Å². The maximum Gasteiger partial charge on any atom is 0.142 e. The summed E-state index contributed by atoms with van der Waals surface area (Å²) in [6, 6.07) is 6.13. The lowest BCUT2D eigenvalue weighted by molar-refractivity contribution is 0.155. The van der Waals surface area contributed by atoms with Crippen molar-refractivity contribution in [3.05, 3.63) is 23.8 Å². The summed E-state index contributed by atoms with van der Waals surface area (Å²) in [7, 11) is 2.19. The first kappa shape index (κ1) is 14.2. The second-order valence-corrected chi connectivity index (χ2v) is 5.20. The Hall–Kier alpha value is -1.26. The highest BCUT2D eigenvalue weighted by Crippen LogP contribution is 2.23. The molecule has 0 aromatic heterocycles. The van der Waals surface area contributed by atoms with E-state index < -0.39 is 0 Å². The zero-order valence-corrected chi connectivity index (χ0v) is 12.1. The van der Waals surface area contributed by atoms with Crippen LogP contribution in [0.15, 0.2) is 18.2 Å². The molecule has 1 aromatic rings. The second kappa shape index (κ2) is 6.78. The summed E-state index contributed by atoms with van der Waals surface area (Å²) in [6.07, 6.45) is 1.06. The minimum Gasteiger partial charge on any atom is -0.492 e. The van der Waals surface area contributed by atoms with Crippen molar-refractivity contribution in [2.24, 2.45) is 0 Å². The van der Waals surface area contributed by atoms with Crippen LogP contribution in [0.1, 0.15) is 12.5 Å². The Bertz CT molecular complexity index is 400. The van der Waals surface area contributed by atoms with Crippen LogP contribution in [0.5, 0.6) is 5.75 Å². The predicted molar refractivity (Wildman–Crippen MR) is 79.7 cm³/mol. The molecule has 0 amide bonds. The summed E-state index contributed by atoms with van der Waals surface area (Å²) in [4.78, 5) is 4.91. The predicted octanol–water partition coefficient (Wildman–Crippen LogP) is 1.46. The van der Waals surface area contributed by atoms with Gasteiger partial charge in [0.25, 0.3) is 0 Å². The van der Waals surface area contributed by atoms with Gasteiger partial charge < -0.3 is 20.3 Å². The van der Waals surface area contributed by atoms with Crippen LogP contribution in [0.3, 0.4) is 0 Å². The number of ether oxygens (including phenoxy) is 1. The largest absolute Gasteiger partial charge is 0.492 e. The summed E-state index contributed by atoms with van der Waals surface area (Å²) in [5.74, 6) is 0.818. The summed E-state index contributed by atoms with van der Waals surface area (Å²) in [5.41, 5.74) is 7.92. The molecule has 19 heavy (non-hydrogen) atoms. The van der Waals surface area contributed by atoms with Gasteiger partial charge >= 0.3 is 0 Å². The molecule has 0 bridgehead atoms. The fourth-order valence-corrected chi connectivity index (χ4v) is 2.37. The zero-order chi connectivity index (χ0) is 13.7. The van der Waals surface area contributed by atoms with Crippen LogP contribution in [0.4, 0.5) is 5.69 Å². The standard InChI is InChI=1S/C15H25N3O/c1-3-19-15-12-13(4-5-14(15)16)6-7-18-10-8-17(2)9-11-18/h4-5,12H,3,6-11,16H2,1-2H3. The number of nitrogens with zero attached hydrogens (tertiary/aromatic N) is 2. The molecule has 0 unspecified atom stereocenters. The Morgan fingerprint density at radius 2 is 1.95 bits per heavy atom. The van der Waals surface area contributed by atoms with Gasteiger partial charge in [0.05, 0.1) is 12.3 Å². The van der Waals surface area contributed by atoms with Gasteiger partial charge in [-0.3, -0.25) is 0 Å². The molecular weight excluding hydrogens is 238 g/mol. The highest BCUT2D eigenvalue weighted by atomic mass is 16.5. The molecule has 1 fully saturated rings. The number of nitrogen functional groups attached to an aromatic ring is 1. The molecule has 2 N–H and O–H groups in total. The van der Waals surface area contributed by atoms with Crippen molar-refractivity contribution in [1.29, 1.82) is 0 Å². The molecule has 1 aromatic carbocycles. The van der Waals surface area contributed by atoms with Crippen molar-refractivity contribution in [2.45, 2.75) is 13.3 Å². The van der Waals surface area contributed by atoms with Gasteiger partial charge in [-0.25, -0.2) is 0 Å². The zero-order valence-electron chi connectivity index (χ0n) is 12.1. The Labute approximate surface area is 116 Å². The average molecular weight is 263 g/mol. The smallest absolute Gasteiger partial charge is 0.142 e. The lowest BCUT2D eigenvalue weighted by atomic mass is 10.1. The molecule has 1 heterocycles. The molecule has 4 heteroatoms. The average Bonchev–Trinajstić information content (AvgIpc) is 2.42. The fourth-order valence-electron chi connectivity index (χ4n) is 2.37. The van der Waals surface area contributed by atoms with Gasteiger partial charge in [-0.15, -0.1) is 0 Å². The molecular formula is C15H25N3O. The second-order valence-electron chi connectivity index (χ2n) is 5.20. The third-order valence-electron chi connectivity index (χ3n) is 3.69. The van der Waals surface area contributed by atoms with Crippen molar-refractivity contribution < 1.29 is 4.74 Å². The van der Waals surface area contributed by atoms with E-state index in [2.05, 4.69) is 29.0 Å². The van der Waals surface area contributed by atoms with Gasteiger partial charge in [-0.1, -0.05) is 6.07 Å². The number of anilines is 1. The van der Waals surface area contributed by atoms with Gasteiger partial charge in [0.2, 0.25) is 0 Å². The third kappa shape index (κ3) is 4.11. The van der Waals surface area contributed by atoms with E-state index in [4.69, 9.17) is 10.5 Å². The molecule has 1 saturated heterocycles. The third-order valence-corrected chi connectivity index (χ3v) is 3.69. The quantitative estimate of drug-likeness (QED) is 0.817. The van der Waals surface area contributed by atoms with Crippen molar-refractivity contribution in [1.82, 2.24) is 9.80 Å². The first-order valence-electron chi connectivity index (χ1n) is 7.11. The normalized spacial score (nSPS) is 17.6. The number of piperazine rings is 1. The van der Waals surface area contributed by atoms with Gasteiger partial charge in [-0.05, 0) is 38.1 Å². The lowest BCUT2D eigenvalue weighted by Gasteiger charge is -2.32. The topological polar surface area (TPSA) is 41.7 Å². The molecule has 1 aliphatic heterocycles. The van der Waals surface area contributed by atoms with Crippen LogP contribution in [0.25, 0.3) is 0 Å². The van der Waals surface area contributed by atoms with Gasteiger partial charge in [-0.2, -0.15) is 0 Å². The number of hydrogen-bond acceptors (Lipinski definition) is 4. The minimum atomic E-state index is 0.659. The molecule has 106 valence electrons. The maximum atomic E-state index is 5.89. The molecule has 0 saturated carbocycles. The Balaban J connectivity index is 1.87. The van der Waals surface area contributed by atoms with Gasteiger partial charge in [0.15, 0.2) is 0 Å². The minimum absolute atomic E-state index is 0.659.